The molecule has 0 radical (unpaired) electrons. The first-order valence-electron chi connectivity index (χ1n) is 6.33. The van der Waals surface area contributed by atoms with Crippen LogP contribution in [0.4, 0.5) is 10.1 Å². The Kier molecular flexibility index (Phi) is 6.98. The zero-order valence-electron chi connectivity index (χ0n) is 11.3. The number of non-ortho nitro benzene ring substituents is 1. The van der Waals surface area contributed by atoms with Gasteiger partial charge in [0.05, 0.1) is 4.92 Å². The molecule has 0 amide bonds. The Bertz CT molecular complexity index is 590. The first-order chi connectivity index (χ1) is 9.65. The van der Waals surface area contributed by atoms with Gasteiger partial charge in [-0.25, -0.2) is 4.39 Å². The van der Waals surface area contributed by atoms with Crippen molar-refractivity contribution in [1.82, 2.24) is 5.32 Å². The zero-order valence-corrected chi connectivity index (χ0v) is 13.0. The van der Waals surface area contributed by atoms with Crippen molar-refractivity contribution in [3.8, 4) is 0 Å². The van der Waals surface area contributed by atoms with Crippen LogP contribution in [0.25, 0.3) is 0 Å². The molecule has 0 unspecified atom stereocenters. The lowest BCUT2D eigenvalue weighted by molar-refractivity contribution is -0.384. The summed E-state index contributed by atoms with van der Waals surface area (Å²) in [5, 5.41) is 13.9. The lowest BCUT2D eigenvalue weighted by Crippen LogP contribution is -2.16. The summed E-state index contributed by atoms with van der Waals surface area (Å²) in [6, 6.07) is 12.9. The Morgan fingerprint density at radius 2 is 1.81 bits per heavy atom. The number of benzene rings is 2. The van der Waals surface area contributed by atoms with Gasteiger partial charge in [0.25, 0.3) is 5.69 Å². The lowest BCUT2D eigenvalue weighted by Gasteiger charge is -2.05. The normalized spacial score (nSPS) is 9.95. The van der Waals surface area contributed by atoms with Crippen LogP contribution in [-0.4, -0.2) is 11.5 Å². The van der Waals surface area contributed by atoms with Gasteiger partial charge < -0.3 is 5.32 Å². The highest BCUT2D eigenvalue weighted by Crippen LogP contribution is 2.12. The number of nitrogens with zero attached hydrogens (tertiary/aromatic N) is 1. The largest absolute Gasteiger partial charge is 0.312 e. The second-order valence-corrected chi connectivity index (χ2v) is 4.48. The van der Waals surface area contributed by atoms with Crippen LogP contribution in [0, 0.1) is 15.9 Å². The molecule has 0 spiro atoms. The predicted molar refractivity (Wildman–Crippen MR) is 85.2 cm³/mol. The van der Waals surface area contributed by atoms with Gasteiger partial charge in [0.1, 0.15) is 5.82 Å². The molecule has 0 aromatic heterocycles. The van der Waals surface area contributed by atoms with E-state index in [1.165, 1.54) is 18.2 Å². The maximum atomic E-state index is 12.7. The molecule has 0 heterocycles. The van der Waals surface area contributed by atoms with Gasteiger partial charge in [-0.15, -0.1) is 17.0 Å². The van der Waals surface area contributed by atoms with Crippen molar-refractivity contribution in [3.05, 3.63) is 75.6 Å². The van der Waals surface area contributed by atoms with E-state index in [4.69, 9.17) is 0 Å². The summed E-state index contributed by atoms with van der Waals surface area (Å²) < 4.78 is 12.7. The topological polar surface area (TPSA) is 55.2 Å². The number of rotatable bonds is 6. The summed E-state index contributed by atoms with van der Waals surface area (Å²) >= 11 is 0. The van der Waals surface area contributed by atoms with Crippen LogP contribution in [0.5, 0.6) is 0 Å². The van der Waals surface area contributed by atoms with Crippen molar-refractivity contribution in [1.29, 1.82) is 0 Å². The minimum Gasteiger partial charge on any atom is -0.312 e. The zero-order chi connectivity index (χ0) is 14.4. The van der Waals surface area contributed by atoms with E-state index in [9.17, 15) is 14.5 Å². The third kappa shape index (κ3) is 5.61. The van der Waals surface area contributed by atoms with E-state index in [-0.39, 0.29) is 28.5 Å². The molecule has 2 aromatic rings. The second kappa shape index (κ2) is 8.49. The number of hydrogen-bond acceptors (Lipinski definition) is 3. The predicted octanol–water partition coefficient (Wildman–Crippen LogP) is 3.64. The molecule has 0 saturated carbocycles. The molecular weight excluding hydrogens is 339 g/mol. The van der Waals surface area contributed by atoms with E-state index < -0.39 is 4.92 Å². The SMILES string of the molecule is Br.O=[N+]([O-])c1cccc(CNCCc2ccc(F)cc2)c1. The smallest absolute Gasteiger partial charge is 0.269 e. The highest BCUT2D eigenvalue weighted by Gasteiger charge is 2.04. The van der Waals surface area contributed by atoms with Gasteiger partial charge in [0, 0.05) is 18.7 Å². The van der Waals surface area contributed by atoms with E-state index in [1.54, 1.807) is 24.3 Å². The van der Waals surface area contributed by atoms with Gasteiger partial charge in [-0.05, 0) is 36.2 Å². The molecule has 4 nitrogen and oxygen atoms in total. The van der Waals surface area contributed by atoms with E-state index in [0.29, 0.717) is 6.54 Å². The van der Waals surface area contributed by atoms with E-state index in [1.807, 2.05) is 6.07 Å². The standard InChI is InChI=1S/C15H15FN2O2.BrH/c16-14-6-4-12(5-7-14)8-9-17-11-13-2-1-3-15(10-13)18(19)20;/h1-7,10,17H,8-9,11H2;1H. The average Bonchev–Trinajstić information content (AvgIpc) is 2.46. The van der Waals surface area contributed by atoms with Crippen molar-refractivity contribution < 1.29 is 9.31 Å². The van der Waals surface area contributed by atoms with Gasteiger partial charge in [0.2, 0.25) is 0 Å². The molecule has 2 rings (SSSR count). The Hall–Kier alpha value is -1.79. The number of nitro benzene ring substituents is 1. The lowest BCUT2D eigenvalue weighted by atomic mass is 10.1. The molecule has 0 bridgehead atoms. The van der Waals surface area contributed by atoms with Gasteiger partial charge >= 0.3 is 0 Å². The Balaban J connectivity index is 0.00000220. The molecule has 0 aliphatic heterocycles. The van der Waals surface area contributed by atoms with Crippen LogP contribution in [0.2, 0.25) is 0 Å². The maximum absolute atomic E-state index is 12.7. The second-order valence-electron chi connectivity index (χ2n) is 4.48. The molecule has 21 heavy (non-hydrogen) atoms. The molecule has 0 fully saturated rings. The molecule has 2 aromatic carbocycles. The third-order valence-corrected chi connectivity index (χ3v) is 2.95. The first kappa shape index (κ1) is 17.3. The Labute approximate surface area is 132 Å². The fourth-order valence-electron chi connectivity index (χ4n) is 1.90. The maximum Gasteiger partial charge on any atom is 0.269 e. The van der Waals surface area contributed by atoms with Gasteiger partial charge in [0.15, 0.2) is 0 Å². The summed E-state index contributed by atoms with van der Waals surface area (Å²) in [6.07, 6.45) is 0.787. The molecule has 0 aliphatic rings. The van der Waals surface area contributed by atoms with Crippen LogP contribution < -0.4 is 5.32 Å². The van der Waals surface area contributed by atoms with Crippen LogP contribution in [-0.2, 0) is 13.0 Å². The van der Waals surface area contributed by atoms with Crippen molar-refractivity contribution in [2.75, 3.05) is 6.54 Å². The number of nitrogens with one attached hydrogen (secondary N) is 1. The fraction of sp³-hybridized carbons (Fsp3) is 0.200. The summed E-state index contributed by atoms with van der Waals surface area (Å²) in [5.41, 5.74) is 2.03. The molecule has 6 heteroatoms. The van der Waals surface area contributed by atoms with Crippen LogP contribution >= 0.6 is 17.0 Å². The minimum atomic E-state index is -0.401. The highest BCUT2D eigenvalue weighted by molar-refractivity contribution is 8.93. The molecular formula is C15H16BrFN2O2. The van der Waals surface area contributed by atoms with Crippen LogP contribution in [0.1, 0.15) is 11.1 Å². The van der Waals surface area contributed by atoms with Crippen molar-refractivity contribution >= 4 is 22.7 Å². The van der Waals surface area contributed by atoms with E-state index >= 15 is 0 Å². The van der Waals surface area contributed by atoms with E-state index in [0.717, 1.165) is 24.1 Å². The summed E-state index contributed by atoms with van der Waals surface area (Å²) in [6.45, 7) is 1.30. The number of hydrogen-bond donors (Lipinski definition) is 1. The number of halogens is 2. The first-order valence-corrected chi connectivity index (χ1v) is 6.33. The van der Waals surface area contributed by atoms with Crippen molar-refractivity contribution in [3.63, 3.8) is 0 Å². The van der Waals surface area contributed by atoms with Crippen LogP contribution in [0.15, 0.2) is 48.5 Å². The Morgan fingerprint density at radius 1 is 1.10 bits per heavy atom. The van der Waals surface area contributed by atoms with Crippen molar-refractivity contribution in [2.24, 2.45) is 0 Å². The monoisotopic (exact) mass is 354 g/mol. The van der Waals surface area contributed by atoms with E-state index in [2.05, 4.69) is 5.32 Å². The summed E-state index contributed by atoms with van der Waals surface area (Å²) in [7, 11) is 0. The molecule has 0 aliphatic carbocycles. The average molecular weight is 355 g/mol. The molecule has 112 valence electrons. The summed E-state index contributed by atoms with van der Waals surface area (Å²) in [4.78, 5) is 10.2. The quantitative estimate of drug-likeness (QED) is 0.489. The molecule has 0 atom stereocenters. The van der Waals surface area contributed by atoms with Crippen molar-refractivity contribution in [2.45, 2.75) is 13.0 Å². The Morgan fingerprint density at radius 3 is 2.48 bits per heavy atom. The van der Waals surface area contributed by atoms with Gasteiger partial charge in [-0.3, -0.25) is 10.1 Å². The van der Waals surface area contributed by atoms with Crippen LogP contribution in [0.3, 0.4) is 0 Å². The van der Waals surface area contributed by atoms with Gasteiger partial charge in [-0.1, -0.05) is 24.3 Å². The number of nitro groups is 1. The minimum absolute atomic E-state index is 0. The highest BCUT2D eigenvalue weighted by atomic mass is 79.9. The molecule has 0 saturated heterocycles. The van der Waals surface area contributed by atoms with Gasteiger partial charge in [-0.2, -0.15) is 0 Å². The third-order valence-electron chi connectivity index (χ3n) is 2.95. The fourth-order valence-corrected chi connectivity index (χ4v) is 1.90. The molecule has 1 N–H and O–H groups in total. The summed E-state index contributed by atoms with van der Waals surface area (Å²) in [5.74, 6) is -0.238.